The molecule has 0 spiro atoms. The van der Waals surface area contributed by atoms with E-state index < -0.39 is 5.97 Å². The van der Waals surface area contributed by atoms with Crippen LogP contribution in [0.4, 0.5) is 0 Å². The molecule has 1 aromatic heterocycles. The Labute approximate surface area is 140 Å². The Bertz CT molecular complexity index is 621. The van der Waals surface area contributed by atoms with Crippen molar-refractivity contribution in [1.29, 1.82) is 0 Å². The third-order valence-electron chi connectivity index (χ3n) is 3.39. The van der Waals surface area contributed by atoms with E-state index in [0.717, 1.165) is 16.7 Å². The molecule has 0 aliphatic rings. The Balaban J connectivity index is 0.00000242. The first-order valence-corrected chi connectivity index (χ1v) is 7.07. The molecular weight excluding hydrogens is 323 g/mol. The summed E-state index contributed by atoms with van der Waals surface area (Å²) in [6.07, 6.45) is 4.17. The summed E-state index contributed by atoms with van der Waals surface area (Å²) in [5.74, 6) is -1.05. The van der Waals surface area contributed by atoms with Crippen molar-refractivity contribution in [3.63, 3.8) is 0 Å². The summed E-state index contributed by atoms with van der Waals surface area (Å²) in [5, 5.41) is 9.62. The summed E-state index contributed by atoms with van der Waals surface area (Å²) in [4.78, 5) is 14.9. The normalized spacial score (nSPS) is 11.5. The van der Waals surface area contributed by atoms with Crippen molar-refractivity contribution in [3.8, 4) is 0 Å². The van der Waals surface area contributed by atoms with E-state index in [2.05, 4.69) is 4.98 Å². The van der Waals surface area contributed by atoms with E-state index >= 15 is 0 Å². The average molecular weight is 341 g/mol. The van der Waals surface area contributed by atoms with Gasteiger partial charge in [-0.1, -0.05) is 23.7 Å². The van der Waals surface area contributed by atoms with Crippen molar-refractivity contribution in [3.05, 3.63) is 64.4 Å². The van der Waals surface area contributed by atoms with E-state index in [1.54, 1.807) is 18.5 Å². The van der Waals surface area contributed by atoms with Crippen molar-refractivity contribution >= 4 is 30.0 Å². The third-order valence-corrected chi connectivity index (χ3v) is 3.76. The standard InChI is InChI=1S/C16H17ClN2O2.ClH/c17-15-2-1-12(14(10-18)9-16(20)21)8-13(15)7-11-3-5-19-6-4-11;/h1-6,8,14H,7,9-10,18H2,(H,20,21);1H/t14-;/m0./s1. The highest BCUT2D eigenvalue weighted by atomic mass is 35.5. The van der Waals surface area contributed by atoms with Gasteiger partial charge in [0.25, 0.3) is 0 Å². The van der Waals surface area contributed by atoms with Crippen molar-refractivity contribution in [2.24, 2.45) is 5.73 Å². The molecular formula is C16H18Cl2N2O2. The number of pyridine rings is 1. The van der Waals surface area contributed by atoms with E-state index in [4.69, 9.17) is 22.4 Å². The average Bonchev–Trinajstić information content (AvgIpc) is 2.48. The van der Waals surface area contributed by atoms with Gasteiger partial charge in [-0.2, -0.15) is 0 Å². The SMILES string of the molecule is Cl.NC[C@H](CC(=O)O)c1ccc(Cl)c(Cc2ccncc2)c1. The third kappa shape index (κ3) is 4.98. The van der Waals surface area contributed by atoms with Crippen molar-refractivity contribution in [2.45, 2.75) is 18.8 Å². The molecule has 0 aliphatic heterocycles. The van der Waals surface area contributed by atoms with Gasteiger partial charge in [0.2, 0.25) is 0 Å². The van der Waals surface area contributed by atoms with E-state index in [0.29, 0.717) is 18.0 Å². The van der Waals surface area contributed by atoms with Crippen LogP contribution in [-0.4, -0.2) is 22.6 Å². The van der Waals surface area contributed by atoms with E-state index in [1.165, 1.54) is 0 Å². The molecule has 0 amide bonds. The molecule has 1 heterocycles. The summed E-state index contributed by atoms with van der Waals surface area (Å²) in [7, 11) is 0. The number of nitrogens with two attached hydrogens (primary N) is 1. The highest BCUT2D eigenvalue weighted by Crippen LogP contribution is 2.26. The zero-order chi connectivity index (χ0) is 15.2. The van der Waals surface area contributed by atoms with Gasteiger partial charge in [0.1, 0.15) is 0 Å². The van der Waals surface area contributed by atoms with Gasteiger partial charge in [-0.3, -0.25) is 9.78 Å². The van der Waals surface area contributed by atoms with Gasteiger partial charge in [-0.25, -0.2) is 0 Å². The van der Waals surface area contributed by atoms with Gasteiger partial charge in [0, 0.05) is 23.3 Å². The number of aromatic nitrogens is 1. The van der Waals surface area contributed by atoms with Crippen LogP contribution in [0.15, 0.2) is 42.7 Å². The minimum absolute atomic E-state index is 0. The number of carbonyl (C=O) groups is 1. The van der Waals surface area contributed by atoms with Crippen LogP contribution < -0.4 is 5.73 Å². The van der Waals surface area contributed by atoms with Crippen LogP contribution in [0.1, 0.15) is 29.0 Å². The number of aliphatic carboxylic acids is 1. The zero-order valence-electron chi connectivity index (χ0n) is 11.9. The van der Waals surface area contributed by atoms with Gasteiger partial charge in [0.05, 0.1) is 6.42 Å². The van der Waals surface area contributed by atoms with Crippen LogP contribution in [0.5, 0.6) is 0 Å². The number of rotatable bonds is 6. The van der Waals surface area contributed by atoms with Crippen LogP contribution in [0.3, 0.4) is 0 Å². The number of nitrogens with zero attached hydrogens (tertiary/aromatic N) is 1. The van der Waals surface area contributed by atoms with E-state index in [1.807, 2.05) is 24.3 Å². The summed E-state index contributed by atoms with van der Waals surface area (Å²) in [6, 6.07) is 9.46. The fourth-order valence-corrected chi connectivity index (χ4v) is 2.44. The van der Waals surface area contributed by atoms with Gasteiger partial charge in [0.15, 0.2) is 0 Å². The summed E-state index contributed by atoms with van der Waals surface area (Å²) < 4.78 is 0. The Morgan fingerprint density at radius 1 is 1.27 bits per heavy atom. The van der Waals surface area contributed by atoms with E-state index in [-0.39, 0.29) is 24.7 Å². The molecule has 0 aliphatic carbocycles. The predicted molar refractivity (Wildman–Crippen MR) is 89.8 cm³/mol. The summed E-state index contributed by atoms with van der Waals surface area (Å²) in [6.45, 7) is 0.294. The van der Waals surface area contributed by atoms with Crippen LogP contribution >= 0.6 is 24.0 Å². The molecule has 0 saturated heterocycles. The second-order valence-electron chi connectivity index (χ2n) is 4.91. The fourth-order valence-electron chi connectivity index (χ4n) is 2.25. The van der Waals surface area contributed by atoms with Crippen LogP contribution in [-0.2, 0) is 11.2 Å². The maximum Gasteiger partial charge on any atom is 0.304 e. The number of benzene rings is 1. The predicted octanol–water partition coefficient (Wildman–Crippen LogP) is 3.26. The minimum Gasteiger partial charge on any atom is -0.481 e. The zero-order valence-corrected chi connectivity index (χ0v) is 13.5. The molecule has 0 unspecified atom stereocenters. The highest BCUT2D eigenvalue weighted by molar-refractivity contribution is 6.31. The molecule has 6 heteroatoms. The topological polar surface area (TPSA) is 76.2 Å². The second-order valence-corrected chi connectivity index (χ2v) is 5.32. The lowest BCUT2D eigenvalue weighted by molar-refractivity contribution is -0.137. The summed E-state index contributed by atoms with van der Waals surface area (Å²) >= 11 is 6.24. The monoisotopic (exact) mass is 340 g/mol. The van der Waals surface area contributed by atoms with Gasteiger partial charge >= 0.3 is 5.97 Å². The Hall–Kier alpha value is -1.62. The van der Waals surface area contributed by atoms with Crippen LogP contribution in [0.2, 0.25) is 5.02 Å². The molecule has 1 atom stereocenters. The first kappa shape index (κ1) is 18.4. The van der Waals surface area contributed by atoms with Gasteiger partial charge < -0.3 is 10.8 Å². The number of carboxylic acid groups (broad SMARTS) is 1. The molecule has 4 nitrogen and oxygen atoms in total. The highest BCUT2D eigenvalue weighted by Gasteiger charge is 2.15. The lowest BCUT2D eigenvalue weighted by Crippen LogP contribution is -2.16. The van der Waals surface area contributed by atoms with Crippen LogP contribution in [0.25, 0.3) is 0 Å². The smallest absolute Gasteiger partial charge is 0.304 e. The molecule has 1 aromatic carbocycles. The molecule has 22 heavy (non-hydrogen) atoms. The molecule has 118 valence electrons. The van der Waals surface area contributed by atoms with Crippen molar-refractivity contribution in [1.82, 2.24) is 4.98 Å². The van der Waals surface area contributed by atoms with Crippen molar-refractivity contribution < 1.29 is 9.90 Å². The molecule has 2 aromatic rings. The maximum atomic E-state index is 10.9. The fraction of sp³-hybridized carbons (Fsp3) is 0.250. The first-order valence-electron chi connectivity index (χ1n) is 6.69. The van der Waals surface area contributed by atoms with Gasteiger partial charge in [-0.15, -0.1) is 12.4 Å². The quantitative estimate of drug-likeness (QED) is 0.846. The molecule has 2 rings (SSSR count). The Morgan fingerprint density at radius 2 is 1.95 bits per heavy atom. The van der Waals surface area contributed by atoms with E-state index in [9.17, 15) is 4.79 Å². The van der Waals surface area contributed by atoms with Crippen molar-refractivity contribution in [2.75, 3.05) is 6.54 Å². The second kappa shape index (κ2) is 8.73. The van der Waals surface area contributed by atoms with Gasteiger partial charge in [-0.05, 0) is 47.9 Å². The maximum absolute atomic E-state index is 10.9. The molecule has 3 N–H and O–H groups in total. The Kier molecular flexibility index (Phi) is 7.32. The minimum atomic E-state index is -0.851. The lowest BCUT2D eigenvalue weighted by Gasteiger charge is -2.15. The molecule has 0 fully saturated rings. The molecule has 0 bridgehead atoms. The largest absolute Gasteiger partial charge is 0.481 e. The lowest BCUT2D eigenvalue weighted by atomic mass is 9.93. The number of halogens is 2. The number of hydrogen-bond acceptors (Lipinski definition) is 3. The van der Waals surface area contributed by atoms with Crippen LogP contribution in [0, 0.1) is 0 Å². The number of carboxylic acids is 1. The number of hydrogen-bond donors (Lipinski definition) is 2. The first-order chi connectivity index (χ1) is 10.1. The summed E-state index contributed by atoms with van der Waals surface area (Å²) in [5.41, 5.74) is 8.67. The Morgan fingerprint density at radius 3 is 2.55 bits per heavy atom. The molecule has 0 radical (unpaired) electrons. The molecule has 0 saturated carbocycles.